The van der Waals surface area contributed by atoms with E-state index in [-0.39, 0.29) is 15.8 Å². The second-order valence-electron chi connectivity index (χ2n) is 2.43. The average molecular weight is 249 g/mol. The van der Waals surface area contributed by atoms with Crippen LogP contribution in [0.25, 0.3) is 0 Å². The van der Waals surface area contributed by atoms with Crippen LogP contribution in [0.1, 0.15) is 5.56 Å². The lowest BCUT2D eigenvalue weighted by Crippen LogP contribution is -2.02. The van der Waals surface area contributed by atoms with Gasteiger partial charge in [-0.25, -0.2) is 4.39 Å². The van der Waals surface area contributed by atoms with E-state index in [0.29, 0.717) is 0 Å². The third-order valence-electron chi connectivity index (χ3n) is 1.50. The number of carboxylic acid groups (broad SMARTS) is 1. The minimum absolute atomic E-state index is 0.00472. The molecular formula is C8H6BrFO3. The summed E-state index contributed by atoms with van der Waals surface area (Å²) in [6.07, 6.45) is -0.413. The molecule has 0 bridgehead atoms. The third kappa shape index (κ3) is 2.18. The van der Waals surface area contributed by atoms with Crippen molar-refractivity contribution in [1.29, 1.82) is 0 Å². The maximum atomic E-state index is 12.9. The van der Waals surface area contributed by atoms with Crippen molar-refractivity contribution in [1.82, 2.24) is 0 Å². The van der Waals surface area contributed by atoms with Gasteiger partial charge < -0.3 is 10.2 Å². The van der Waals surface area contributed by atoms with Gasteiger partial charge in [0.15, 0.2) is 0 Å². The van der Waals surface area contributed by atoms with E-state index in [2.05, 4.69) is 15.9 Å². The van der Waals surface area contributed by atoms with Crippen molar-refractivity contribution >= 4 is 21.9 Å². The number of aromatic hydroxyl groups is 1. The summed E-state index contributed by atoms with van der Waals surface area (Å²) in [5, 5.41) is 17.7. The van der Waals surface area contributed by atoms with Crippen molar-refractivity contribution in [3.8, 4) is 5.75 Å². The Balaban J connectivity index is 3.17. The van der Waals surface area contributed by atoms with Gasteiger partial charge in [-0.3, -0.25) is 4.79 Å². The molecular weight excluding hydrogens is 243 g/mol. The highest BCUT2D eigenvalue weighted by Gasteiger charge is 2.13. The second kappa shape index (κ2) is 3.74. The first kappa shape index (κ1) is 9.98. The highest BCUT2D eigenvalue weighted by Crippen LogP contribution is 2.28. The lowest BCUT2D eigenvalue weighted by molar-refractivity contribution is -0.136. The molecule has 13 heavy (non-hydrogen) atoms. The van der Waals surface area contributed by atoms with Crippen molar-refractivity contribution in [2.24, 2.45) is 0 Å². The first-order chi connectivity index (χ1) is 6.02. The molecule has 0 saturated carbocycles. The van der Waals surface area contributed by atoms with Crippen molar-refractivity contribution in [2.75, 3.05) is 0 Å². The smallest absolute Gasteiger partial charge is 0.308 e. The molecule has 0 amide bonds. The molecule has 1 aromatic carbocycles. The number of carboxylic acids is 1. The Morgan fingerprint density at radius 2 is 2.15 bits per heavy atom. The number of aliphatic carboxylic acids is 1. The monoisotopic (exact) mass is 248 g/mol. The number of halogens is 2. The molecule has 70 valence electrons. The van der Waals surface area contributed by atoms with Crippen molar-refractivity contribution in [3.63, 3.8) is 0 Å². The number of phenols is 1. The molecule has 0 radical (unpaired) electrons. The van der Waals surface area contributed by atoms with E-state index < -0.39 is 18.2 Å². The Bertz CT molecular complexity index is 351. The van der Waals surface area contributed by atoms with E-state index >= 15 is 0 Å². The van der Waals surface area contributed by atoms with Gasteiger partial charge in [0.05, 0.1) is 10.9 Å². The molecule has 0 aliphatic carbocycles. The molecule has 1 aromatic rings. The summed E-state index contributed by atoms with van der Waals surface area (Å²) in [7, 11) is 0. The van der Waals surface area contributed by atoms with Crippen LogP contribution in [0.5, 0.6) is 5.75 Å². The highest BCUT2D eigenvalue weighted by atomic mass is 79.9. The second-order valence-corrected chi connectivity index (χ2v) is 3.22. The zero-order valence-corrected chi connectivity index (χ0v) is 8.01. The standard InChI is InChI=1S/C8H6BrFO3/c9-8-4(3-7(12)13)6(11)2-1-5(8)10/h1-2,11H,3H2,(H,12,13). The van der Waals surface area contributed by atoms with Gasteiger partial charge >= 0.3 is 5.97 Å². The number of hydrogen-bond acceptors (Lipinski definition) is 2. The average Bonchev–Trinajstić information content (AvgIpc) is 2.05. The highest BCUT2D eigenvalue weighted by molar-refractivity contribution is 9.10. The minimum atomic E-state index is -1.12. The van der Waals surface area contributed by atoms with Crippen LogP contribution < -0.4 is 0 Å². The molecule has 0 heterocycles. The largest absolute Gasteiger partial charge is 0.508 e. The van der Waals surface area contributed by atoms with Gasteiger partial charge in [-0.15, -0.1) is 0 Å². The van der Waals surface area contributed by atoms with Gasteiger partial charge in [0.1, 0.15) is 11.6 Å². The van der Waals surface area contributed by atoms with Gasteiger partial charge in [-0.1, -0.05) is 0 Å². The summed E-state index contributed by atoms with van der Waals surface area (Å²) >= 11 is 2.86. The van der Waals surface area contributed by atoms with E-state index in [1.165, 1.54) is 0 Å². The van der Waals surface area contributed by atoms with Crippen molar-refractivity contribution in [2.45, 2.75) is 6.42 Å². The molecule has 0 unspecified atom stereocenters. The fourth-order valence-electron chi connectivity index (χ4n) is 0.902. The number of carbonyl (C=O) groups is 1. The fourth-order valence-corrected chi connectivity index (χ4v) is 1.38. The van der Waals surface area contributed by atoms with E-state index in [1.54, 1.807) is 0 Å². The third-order valence-corrected chi connectivity index (χ3v) is 2.36. The predicted octanol–water partition coefficient (Wildman–Crippen LogP) is 1.92. The van der Waals surface area contributed by atoms with Crippen LogP contribution in [0.2, 0.25) is 0 Å². The summed E-state index contributed by atoms with van der Waals surface area (Å²) in [6.45, 7) is 0. The Morgan fingerprint density at radius 1 is 1.54 bits per heavy atom. The van der Waals surface area contributed by atoms with Crippen LogP contribution in [-0.2, 0) is 11.2 Å². The van der Waals surface area contributed by atoms with Crippen LogP contribution in [0.4, 0.5) is 4.39 Å². The Morgan fingerprint density at radius 3 is 2.69 bits per heavy atom. The number of benzene rings is 1. The maximum absolute atomic E-state index is 12.9. The minimum Gasteiger partial charge on any atom is -0.508 e. The van der Waals surface area contributed by atoms with Crippen LogP contribution >= 0.6 is 15.9 Å². The summed E-state index contributed by atoms with van der Waals surface area (Å²) in [4.78, 5) is 10.3. The lowest BCUT2D eigenvalue weighted by Gasteiger charge is -2.04. The van der Waals surface area contributed by atoms with E-state index in [4.69, 9.17) is 5.11 Å². The number of hydrogen-bond donors (Lipinski definition) is 2. The Hall–Kier alpha value is -1.10. The van der Waals surface area contributed by atoms with E-state index in [1.807, 2.05) is 0 Å². The summed E-state index contributed by atoms with van der Waals surface area (Å²) < 4.78 is 12.9. The number of phenolic OH excluding ortho intramolecular Hbond substituents is 1. The summed E-state index contributed by atoms with van der Waals surface area (Å²) in [6, 6.07) is 2.18. The maximum Gasteiger partial charge on any atom is 0.308 e. The van der Waals surface area contributed by atoms with Crippen molar-refractivity contribution < 1.29 is 19.4 Å². The zero-order chi connectivity index (χ0) is 10.0. The molecule has 0 saturated heterocycles. The van der Waals surface area contributed by atoms with Gasteiger partial charge in [-0.2, -0.15) is 0 Å². The summed E-state index contributed by atoms with van der Waals surface area (Å²) in [5.41, 5.74) is 0.0486. The van der Waals surface area contributed by atoms with Gasteiger partial charge in [-0.05, 0) is 28.1 Å². The Kier molecular flexibility index (Phi) is 2.87. The molecule has 0 atom stereocenters. The normalized spacial score (nSPS) is 10.0. The van der Waals surface area contributed by atoms with Crippen LogP contribution in [0.15, 0.2) is 16.6 Å². The Labute approximate surface area is 81.9 Å². The molecule has 0 aliphatic rings. The zero-order valence-electron chi connectivity index (χ0n) is 6.42. The van der Waals surface area contributed by atoms with E-state index in [9.17, 15) is 14.3 Å². The van der Waals surface area contributed by atoms with Gasteiger partial charge in [0.2, 0.25) is 0 Å². The molecule has 2 N–H and O–H groups in total. The fraction of sp³-hybridized carbons (Fsp3) is 0.125. The molecule has 0 spiro atoms. The number of rotatable bonds is 2. The first-order valence-electron chi connectivity index (χ1n) is 3.40. The summed E-state index contributed by atoms with van der Waals surface area (Å²) in [5.74, 6) is -1.94. The van der Waals surface area contributed by atoms with Crippen LogP contribution in [-0.4, -0.2) is 16.2 Å². The first-order valence-corrected chi connectivity index (χ1v) is 4.19. The van der Waals surface area contributed by atoms with E-state index in [0.717, 1.165) is 12.1 Å². The van der Waals surface area contributed by atoms with Crippen LogP contribution in [0, 0.1) is 5.82 Å². The van der Waals surface area contributed by atoms with Gasteiger partial charge in [0.25, 0.3) is 0 Å². The molecule has 0 aliphatic heterocycles. The predicted molar refractivity (Wildman–Crippen MR) is 47.1 cm³/mol. The quantitative estimate of drug-likeness (QED) is 0.841. The molecule has 0 aromatic heterocycles. The lowest BCUT2D eigenvalue weighted by atomic mass is 10.1. The topological polar surface area (TPSA) is 57.5 Å². The molecule has 5 heteroatoms. The van der Waals surface area contributed by atoms with Crippen molar-refractivity contribution in [3.05, 3.63) is 28.0 Å². The SMILES string of the molecule is O=C(O)Cc1c(O)ccc(F)c1Br. The van der Waals surface area contributed by atoms with Crippen LogP contribution in [0.3, 0.4) is 0 Å². The molecule has 0 fully saturated rings. The van der Waals surface area contributed by atoms with Gasteiger partial charge in [0, 0.05) is 5.56 Å². The molecule has 1 rings (SSSR count). The molecule has 3 nitrogen and oxygen atoms in total.